The van der Waals surface area contributed by atoms with Crippen LogP contribution in [0.4, 0.5) is 0 Å². The van der Waals surface area contributed by atoms with Gasteiger partial charge in [0, 0.05) is 43.7 Å². The number of phenolic OH excluding ortho intramolecular Hbond substituents is 1. The van der Waals surface area contributed by atoms with E-state index in [0.717, 1.165) is 17.6 Å². The van der Waals surface area contributed by atoms with Crippen LogP contribution in [-0.4, -0.2) is 64.3 Å². The molecule has 0 atom stereocenters. The molecule has 0 aromatic heterocycles. The van der Waals surface area contributed by atoms with Crippen LogP contribution < -0.4 is 0 Å². The number of carboxylic acid groups (broad SMARTS) is 1. The molecule has 1 aromatic rings. The Morgan fingerprint density at radius 2 is 1.92 bits per heavy atom. The topological polar surface area (TPSA) is 84.2 Å². The summed E-state index contributed by atoms with van der Waals surface area (Å²) in [6, 6.07) is 7.19. The van der Waals surface area contributed by atoms with Gasteiger partial charge in [-0.2, -0.15) is 0 Å². The SMILES string of the molecule is CN(CCN(CC(=O)O)CC1=C(O)CCC=C1)Cc1ccccc1O. The number of rotatable bonds is 9. The zero-order valence-electron chi connectivity index (χ0n) is 14.6. The van der Waals surface area contributed by atoms with Gasteiger partial charge in [-0.1, -0.05) is 30.4 Å². The minimum absolute atomic E-state index is 0.0744. The molecule has 1 aliphatic carbocycles. The van der Waals surface area contributed by atoms with Gasteiger partial charge in [-0.05, 0) is 19.5 Å². The normalized spacial score (nSPS) is 14.5. The number of aliphatic carboxylic acids is 1. The van der Waals surface area contributed by atoms with E-state index in [1.165, 1.54) is 0 Å². The number of phenols is 1. The van der Waals surface area contributed by atoms with Crippen LogP contribution in [0.3, 0.4) is 0 Å². The van der Waals surface area contributed by atoms with Crippen LogP contribution in [0.1, 0.15) is 18.4 Å². The van der Waals surface area contributed by atoms with Crippen molar-refractivity contribution in [2.24, 2.45) is 0 Å². The minimum atomic E-state index is -0.886. The molecular formula is C19H26N2O4. The maximum atomic E-state index is 11.1. The van der Waals surface area contributed by atoms with Crippen molar-refractivity contribution in [2.45, 2.75) is 19.4 Å². The van der Waals surface area contributed by atoms with E-state index in [0.29, 0.717) is 38.4 Å². The molecule has 1 aromatic carbocycles. The molecule has 1 aliphatic rings. The van der Waals surface area contributed by atoms with Crippen LogP contribution in [0.5, 0.6) is 5.75 Å². The molecule has 3 N–H and O–H groups in total. The Morgan fingerprint density at radius 3 is 2.60 bits per heavy atom. The number of carbonyl (C=O) groups is 1. The van der Waals surface area contributed by atoms with Crippen LogP contribution in [0.25, 0.3) is 0 Å². The first-order valence-corrected chi connectivity index (χ1v) is 8.43. The number of allylic oxidation sites excluding steroid dienone is 2. The highest BCUT2D eigenvalue weighted by Gasteiger charge is 2.16. The summed E-state index contributed by atoms with van der Waals surface area (Å²) in [4.78, 5) is 15.0. The number of hydrogen-bond acceptors (Lipinski definition) is 5. The lowest BCUT2D eigenvalue weighted by atomic mass is 10.0. The Hall–Kier alpha value is -2.31. The number of aromatic hydroxyl groups is 1. The van der Waals surface area contributed by atoms with Crippen LogP contribution in [-0.2, 0) is 11.3 Å². The molecule has 0 bridgehead atoms. The molecule has 0 saturated carbocycles. The predicted octanol–water partition coefficient (Wildman–Crippen LogP) is 2.37. The summed E-state index contributed by atoms with van der Waals surface area (Å²) in [6.45, 7) is 2.13. The molecule has 2 rings (SSSR count). The number of hydrogen-bond donors (Lipinski definition) is 3. The van der Waals surface area contributed by atoms with Gasteiger partial charge in [0.05, 0.1) is 12.3 Å². The molecule has 0 saturated heterocycles. The van der Waals surface area contributed by atoms with Crippen LogP contribution in [0, 0.1) is 0 Å². The highest BCUT2D eigenvalue weighted by molar-refractivity contribution is 5.69. The molecular weight excluding hydrogens is 320 g/mol. The Balaban J connectivity index is 1.92. The second-order valence-corrected chi connectivity index (χ2v) is 6.38. The average molecular weight is 346 g/mol. The van der Waals surface area contributed by atoms with E-state index in [-0.39, 0.29) is 12.3 Å². The average Bonchev–Trinajstić information content (AvgIpc) is 2.56. The van der Waals surface area contributed by atoms with E-state index in [1.54, 1.807) is 12.1 Å². The first-order valence-electron chi connectivity index (χ1n) is 8.43. The molecule has 136 valence electrons. The third-order valence-electron chi connectivity index (χ3n) is 4.22. The zero-order valence-corrected chi connectivity index (χ0v) is 14.6. The molecule has 0 heterocycles. The first-order chi connectivity index (χ1) is 12.0. The van der Waals surface area contributed by atoms with Crippen molar-refractivity contribution in [2.75, 3.05) is 33.2 Å². The summed E-state index contributed by atoms with van der Waals surface area (Å²) in [5, 5.41) is 28.9. The van der Waals surface area contributed by atoms with E-state index < -0.39 is 5.97 Å². The lowest BCUT2D eigenvalue weighted by molar-refractivity contribution is -0.138. The lowest BCUT2D eigenvalue weighted by Crippen LogP contribution is -2.37. The monoisotopic (exact) mass is 346 g/mol. The van der Waals surface area contributed by atoms with Crippen molar-refractivity contribution in [3.05, 3.63) is 53.3 Å². The van der Waals surface area contributed by atoms with E-state index >= 15 is 0 Å². The van der Waals surface area contributed by atoms with Gasteiger partial charge < -0.3 is 20.2 Å². The third kappa shape index (κ3) is 6.25. The smallest absolute Gasteiger partial charge is 0.317 e. The van der Waals surface area contributed by atoms with Crippen LogP contribution >= 0.6 is 0 Å². The maximum absolute atomic E-state index is 11.1. The predicted molar refractivity (Wildman–Crippen MR) is 96.5 cm³/mol. The number of carboxylic acids is 1. The van der Waals surface area contributed by atoms with Gasteiger partial charge in [0.25, 0.3) is 0 Å². The molecule has 0 unspecified atom stereocenters. The van der Waals surface area contributed by atoms with Gasteiger partial charge in [-0.3, -0.25) is 9.69 Å². The van der Waals surface area contributed by atoms with E-state index in [4.69, 9.17) is 5.11 Å². The van der Waals surface area contributed by atoms with Crippen molar-refractivity contribution >= 4 is 5.97 Å². The summed E-state index contributed by atoms with van der Waals surface area (Å²) in [7, 11) is 1.93. The molecule has 0 radical (unpaired) electrons. The number of likely N-dealkylation sites (N-methyl/N-ethyl adjacent to an activating group) is 1. The fraction of sp³-hybridized carbons (Fsp3) is 0.421. The lowest BCUT2D eigenvalue weighted by Gasteiger charge is -2.25. The standard InChI is InChI=1S/C19H26N2O4/c1-20(12-15-6-2-4-8-17(15)22)10-11-21(14-19(24)25)13-16-7-3-5-9-18(16)23/h2-4,6-8,22-23H,5,9-14H2,1H3,(H,24,25). The second-order valence-electron chi connectivity index (χ2n) is 6.38. The van der Waals surface area contributed by atoms with Crippen LogP contribution in [0.2, 0.25) is 0 Å². The number of para-hydroxylation sites is 1. The van der Waals surface area contributed by atoms with Crippen molar-refractivity contribution in [1.82, 2.24) is 9.80 Å². The van der Waals surface area contributed by atoms with Gasteiger partial charge in [-0.15, -0.1) is 0 Å². The van der Waals surface area contributed by atoms with Crippen LogP contribution in [0.15, 0.2) is 47.7 Å². The van der Waals surface area contributed by atoms with Crippen molar-refractivity contribution in [1.29, 1.82) is 0 Å². The molecule has 25 heavy (non-hydrogen) atoms. The Bertz CT molecular complexity index is 655. The highest BCUT2D eigenvalue weighted by Crippen LogP contribution is 2.18. The van der Waals surface area contributed by atoms with Crippen molar-refractivity contribution in [3.8, 4) is 5.75 Å². The summed E-state index contributed by atoms with van der Waals surface area (Å²) in [6.07, 6.45) is 5.30. The summed E-state index contributed by atoms with van der Waals surface area (Å²) < 4.78 is 0. The highest BCUT2D eigenvalue weighted by atomic mass is 16.4. The molecule has 0 spiro atoms. The van der Waals surface area contributed by atoms with Gasteiger partial charge >= 0.3 is 5.97 Å². The fourth-order valence-corrected chi connectivity index (χ4v) is 2.82. The molecule has 0 fully saturated rings. The van der Waals surface area contributed by atoms with Gasteiger partial charge in [0.2, 0.25) is 0 Å². The number of aliphatic hydroxyl groups is 1. The van der Waals surface area contributed by atoms with Gasteiger partial charge in [0.15, 0.2) is 0 Å². The zero-order chi connectivity index (χ0) is 18.2. The summed E-state index contributed by atoms with van der Waals surface area (Å²) in [5.41, 5.74) is 1.63. The Labute approximate surface area is 148 Å². The molecule has 0 amide bonds. The first kappa shape index (κ1) is 19.0. The van der Waals surface area contributed by atoms with Gasteiger partial charge in [0.1, 0.15) is 5.75 Å². The maximum Gasteiger partial charge on any atom is 0.317 e. The van der Waals surface area contributed by atoms with Crippen molar-refractivity contribution < 1.29 is 20.1 Å². The fourth-order valence-electron chi connectivity index (χ4n) is 2.82. The number of benzene rings is 1. The van der Waals surface area contributed by atoms with E-state index in [2.05, 4.69) is 0 Å². The van der Waals surface area contributed by atoms with E-state index in [9.17, 15) is 15.0 Å². The third-order valence-corrected chi connectivity index (χ3v) is 4.22. The van der Waals surface area contributed by atoms with E-state index in [1.807, 2.05) is 41.1 Å². The summed E-state index contributed by atoms with van der Waals surface area (Å²) >= 11 is 0. The quantitative estimate of drug-likeness (QED) is 0.637. The molecule has 0 aliphatic heterocycles. The number of nitrogens with zero attached hydrogens (tertiary/aromatic N) is 2. The Kier molecular flexibility index (Phi) is 7.03. The molecule has 6 heteroatoms. The van der Waals surface area contributed by atoms with Crippen molar-refractivity contribution in [3.63, 3.8) is 0 Å². The molecule has 6 nitrogen and oxygen atoms in total. The number of aliphatic hydroxyl groups excluding tert-OH is 1. The largest absolute Gasteiger partial charge is 0.512 e. The minimum Gasteiger partial charge on any atom is -0.512 e. The van der Waals surface area contributed by atoms with Gasteiger partial charge in [-0.25, -0.2) is 0 Å². The second kappa shape index (κ2) is 9.25. The Morgan fingerprint density at radius 1 is 1.16 bits per heavy atom. The summed E-state index contributed by atoms with van der Waals surface area (Å²) in [5.74, 6) is -0.275.